The number of allylic oxidation sites excluding steroid dienone is 2. The second-order valence-corrected chi connectivity index (χ2v) is 11.3. The smallest absolute Gasteiger partial charge is 0.236 e. The normalized spacial score (nSPS) is 30.0. The van der Waals surface area contributed by atoms with Gasteiger partial charge in [-0.25, -0.2) is 0 Å². The molecule has 13 heteroatoms. The first-order chi connectivity index (χ1) is 19.8. The highest BCUT2D eigenvalue weighted by atomic mass is 16.5. The van der Waals surface area contributed by atoms with Gasteiger partial charge in [-0.15, -0.1) is 0 Å². The molecular weight excluding hydrogens is 548 g/mol. The molecule has 0 aromatic heterocycles. The molecule has 2 bridgehead atoms. The monoisotopic (exact) mass is 586 g/mol. The van der Waals surface area contributed by atoms with Crippen LogP contribution >= 0.6 is 0 Å². The minimum Gasteiger partial charge on any atom is -0.507 e. The van der Waals surface area contributed by atoms with Gasteiger partial charge in [-0.05, 0) is 34.2 Å². The van der Waals surface area contributed by atoms with E-state index in [0.29, 0.717) is 16.7 Å². The topological polar surface area (TPSA) is 184 Å². The molecule has 0 spiro atoms. The van der Waals surface area contributed by atoms with Crippen molar-refractivity contribution < 1.29 is 43.9 Å². The Balaban J connectivity index is 1.76. The second-order valence-electron chi connectivity index (χ2n) is 11.3. The minimum absolute atomic E-state index is 0.0399. The molecule has 1 aromatic rings. The van der Waals surface area contributed by atoms with Gasteiger partial charge < -0.3 is 40.6 Å². The number of phenols is 2. The van der Waals surface area contributed by atoms with Crippen molar-refractivity contribution >= 4 is 17.5 Å². The van der Waals surface area contributed by atoms with Crippen LogP contribution in [0.2, 0.25) is 0 Å². The Labute approximate surface area is 243 Å². The Morgan fingerprint density at radius 3 is 2.33 bits per heavy atom. The maximum absolute atomic E-state index is 13.8. The van der Waals surface area contributed by atoms with Crippen LogP contribution < -0.4 is 15.8 Å². The first kappa shape index (κ1) is 30.0. The van der Waals surface area contributed by atoms with Crippen molar-refractivity contribution in [1.29, 1.82) is 0 Å². The maximum atomic E-state index is 13.8. The number of nitrogens with one attached hydrogen (secondary N) is 1. The molecule has 228 valence electrons. The van der Waals surface area contributed by atoms with Gasteiger partial charge in [0.1, 0.15) is 18.1 Å². The minimum atomic E-state index is -1.29. The molecule has 4 aliphatic rings. The van der Waals surface area contributed by atoms with Crippen molar-refractivity contribution in [2.75, 3.05) is 34.9 Å². The summed E-state index contributed by atoms with van der Waals surface area (Å²) in [6.07, 6.45) is -2.15. The number of aliphatic hydroxyl groups is 1. The summed E-state index contributed by atoms with van der Waals surface area (Å²) in [4.78, 5) is 43.6. The van der Waals surface area contributed by atoms with Gasteiger partial charge >= 0.3 is 0 Å². The molecule has 1 amide bonds. The summed E-state index contributed by atoms with van der Waals surface area (Å²) >= 11 is 0. The fourth-order valence-corrected chi connectivity index (χ4v) is 7.34. The standard InChI is InChI=1S/C29H38N4O9/c1-10-21(34)13-8-14-19-17-18(22(35)11(2)26(41-6)24(17)37)27(42-7)20(32(19)4)29(39)33(14)15(9-31-28(38)12(3)30)16(13)23(36)25(10)40-5/h12,14-15,19-20,27,29,35,37,39H,8-9,30H2,1-7H3,(H,31,38)/t12-,14+,15+,19+,20+,27+,29+/m1/s1. The van der Waals surface area contributed by atoms with Gasteiger partial charge in [0.2, 0.25) is 11.7 Å². The summed E-state index contributed by atoms with van der Waals surface area (Å²) in [5, 5.41) is 37.7. The number of aromatic hydroxyl groups is 2. The SMILES string of the molecule is COC1=C(C)C(=O)C2=C(C1=O)[C@H](CNC(=O)[C@@H](C)N)N1[C@@H](O)[C@@H]3[C@@H](OC)c4c(O)c(C)c(OC)c(O)c4[C@H]([C@@H]1C2)N3C. The van der Waals surface area contributed by atoms with Crippen molar-refractivity contribution in [2.24, 2.45) is 5.73 Å². The molecule has 5 rings (SSSR count). The van der Waals surface area contributed by atoms with Gasteiger partial charge in [-0.1, -0.05) is 0 Å². The number of likely N-dealkylation sites (N-methyl/N-ethyl adjacent to an activating group) is 1. The zero-order chi connectivity index (χ0) is 30.9. The largest absolute Gasteiger partial charge is 0.507 e. The Morgan fingerprint density at radius 2 is 1.76 bits per heavy atom. The number of hydrogen-bond donors (Lipinski definition) is 5. The summed E-state index contributed by atoms with van der Waals surface area (Å²) in [6, 6.07) is -3.93. The fraction of sp³-hybridized carbons (Fsp3) is 0.552. The Hall–Kier alpha value is -3.49. The van der Waals surface area contributed by atoms with Crippen molar-refractivity contribution in [2.45, 2.75) is 69.7 Å². The van der Waals surface area contributed by atoms with Crippen LogP contribution in [0.1, 0.15) is 49.1 Å². The molecule has 1 aromatic carbocycles. The highest BCUT2D eigenvalue weighted by molar-refractivity contribution is 6.25. The Bertz CT molecular complexity index is 1430. The second kappa shape index (κ2) is 10.7. The summed E-state index contributed by atoms with van der Waals surface area (Å²) in [5.74, 6) is -1.66. The van der Waals surface area contributed by atoms with Crippen LogP contribution in [-0.2, 0) is 23.9 Å². The van der Waals surface area contributed by atoms with E-state index in [-0.39, 0.29) is 58.5 Å². The number of phenolic OH excluding ortho intramolecular Hbond substituents is 2. The number of benzene rings is 1. The number of carbonyl (C=O) groups is 3. The van der Waals surface area contributed by atoms with E-state index in [1.165, 1.54) is 35.2 Å². The van der Waals surface area contributed by atoms with Crippen LogP contribution in [-0.4, -0.2) is 108 Å². The summed E-state index contributed by atoms with van der Waals surface area (Å²) in [7, 11) is 5.91. The number of aliphatic hydroxyl groups excluding tert-OH is 1. The van der Waals surface area contributed by atoms with Crippen molar-refractivity contribution in [1.82, 2.24) is 15.1 Å². The molecule has 6 N–H and O–H groups in total. The van der Waals surface area contributed by atoms with E-state index >= 15 is 0 Å². The highest BCUT2D eigenvalue weighted by Crippen LogP contribution is 2.59. The van der Waals surface area contributed by atoms with E-state index < -0.39 is 54.2 Å². The fourth-order valence-electron chi connectivity index (χ4n) is 7.34. The van der Waals surface area contributed by atoms with E-state index in [9.17, 15) is 29.7 Å². The zero-order valence-corrected chi connectivity index (χ0v) is 24.7. The molecule has 13 nitrogen and oxygen atoms in total. The van der Waals surface area contributed by atoms with Crippen LogP contribution in [0, 0.1) is 6.92 Å². The molecule has 3 aliphatic heterocycles. The number of piperazine rings is 1. The van der Waals surface area contributed by atoms with Crippen molar-refractivity contribution in [3.8, 4) is 17.2 Å². The molecule has 1 saturated heterocycles. The molecule has 42 heavy (non-hydrogen) atoms. The maximum Gasteiger partial charge on any atom is 0.236 e. The van der Waals surface area contributed by atoms with Gasteiger partial charge in [0.25, 0.3) is 0 Å². The third kappa shape index (κ3) is 3.98. The van der Waals surface area contributed by atoms with Crippen LogP contribution in [0.5, 0.6) is 17.2 Å². The average Bonchev–Trinajstić information content (AvgIpc) is 2.95. The zero-order valence-electron chi connectivity index (χ0n) is 24.7. The third-order valence-corrected chi connectivity index (χ3v) is 9.25. The molecule has 0 saturated carbocycles. The third-order valence-electron chi connectivity index (χ3n) is 9.25. The summed E-state index contributed by atoms with van der Waals surface area (Å²) in [6.45, 7) is 4.52. The Morgan fingerprint density at radius 1 is 1.10 bits per heavy atom. The molecular formula is C29H38N4O9. The number of carbonyl (C=O) groups excluding carboxylic acids is 3. The first-order valence-electron chi connectivity index (χ1n) is 13.8. The summed E-state index contributed by atoms with van der Waals surface area (Å²) < 4.78 is 16.7. The first-order valence-corrected chi connectivity index (χ1v) is 13.8. The van der Waals surface area contributed by atoms with Gasteiger partial charge in [0, 0.05) is 53.1 Å². The molecule has 0 radical (unpaired) electrons. The molecule has 1 fully saturated rings. The number of ether oxygens (including phenoxy) is 3. The molecule has 1 aliphatic carbocycles. The number of nitrogens with zero attached hydrogens (tertiary/aromatic N) is 2. The summed E-state index contributed by atoms with van der Waals surface area (Å²) in [5.41, 5.74) is 7.30. The molecule has 3 heterocycles. The van der Waals surface area contributed by atoms with E-state index in [4.69, 9.17) is 19.9 Å². The Kier molecular flexibility index (Phi) is 7.60. The van der Waals surface area contributed by atoms with Gasteiger partial charge in [-0.3, -0.25) is 24.2 Å². The van der Waals surface area contributed by atoms with E-state index in [1.54, 1.807) is 18.9 Å². The lowest BCUT2D eigenvalue weighted by molar-refractivity contribution is -0.198. The number of hydrogen-bond acceptors (Lipinski definition) is 12. The van der Waals surface area contributed by atoms with E-state index in [0.717, 1.165) is 0 Å². The van der Waals surface area contributed by atoms with Crippen molar-refractivity contribution in [3.05, 3.63) is 39.2 Å². The predicted octanol–water partition coefficient (Wildman–Crippen LogP) is 0.0645. The number of Topliss-reactive ketones (excluding diaryl/α,β-unsaturated/α-hetero) is 2. The lowest BCUT2D eigenvalue weighted by atomic mass is 9.70. The quantitative estimate of drug-likeness (QED) is 0.224. The highest BCUT2D eigenvalue weighted by Gasteiger charge is 2.60. The lowest BCUT2D eigenvalue weighted by Crippen LogP contribution is -2.72. The number of nitrogens with two attached hydrogens (primary N) is 1. The van der Waals surface area contributed by atoms with Gasteiger partial charge in [0.15, 0.2) is 23.0 Å². The number of amides is 1. The number of ketones is 2. The van der Waals surface area contributed by atoms with Crippen LogP contribution in [0.4, 0.5) is 0 Å². The van der Waals surface area contributed by atoms with Crippen LogP contribution in [0.3, 0.4) is 0 Å². The van der Waals surface area contributed by atoms with Crippen LogP contribution in [0.25, 0.3) is 0 Å². The van der Waals surface area contributed by atoms with Gasteiger partial charge in [-0.2, -0.15) is 0 Å². The lowest BCUT2D eigenvalue weighted by Gasteiger charge is -2.61. The molecule has 0 unspecified atom stereocenters. The number of rotatable bonds is 6. The van der Waals surface area contributed by atoms with Crippen molar-refractivity contribution in [3.63, 3.8) is 0 Å². The molecule has 7 atom stereocenters. The predicted molar refractivity (Wildman–Crippen MR) is 149 cm³/mol. The number of methoxy groups -OCH3 is 3. The van der Waals surface area contributed by atoms with E-state index in [1.807, 2.05) is 4.90 Å². The van der Waals surface area contributed by atoms with Gasteiger partial charge in [0.05, 0.1) is 38.4 Å². The van der Waals surface area contributed by atoms with E-state index in [2.05, 4.69) is 5.32 Å². The van der Waals surface area contributed by atoms with Crippen LogP contribution in [0.15, 0.2) is 22.5 Å². The average molecular weight is 587 g/mol. The number of fused-ring (bicyclic) bond motifs is 6.